The summed E-state index contributed by atoms with van der Waals surface area (Å²) in [6.07, 6.45) is 3.38. The number of amides is 2. The molecule has 1 aliphatic rings. The van der Waals surface area contributed by atoms with Crippen molar-refractivity contribution in [2.45, 2.75) is 0 Å². The minimum Gasteiger partial charge on any atom is -0.497 e. The third-order valence-corrected chi connectivity index (χ3v) is 3.97. The van der Waals surface area contributed by atoms with Gasteiger partial charge in [0.2, 0.25) is 0 Å². The second kappa shape index (κ2) is 6.29. The van der Waals surface area contributed by atoms with Gasteiger partial charge in [0.25, 0.3) is 11.8 Å². The van der Waals surface area contributed by atoms with Gasteiger partial charge in [0.1, 0.15) is 11.3 Å². The maximum atomic E-state index is 12.8. The average molecular weight is 341 g/mol. The Morgan fingerprint density at radius 2 is 2.00 bits per heavy atom. The van der Waals surface area contributed by atoms with Crippen LogP contribution in [-0.4, -0.2) is 28.6 Å². The minimum absolute atomic E-state index is 0.0215. The standard InChI is InChI=1S/C17H15N3O3S/c1-19-8-4-6-11(19)10-14-15(21)18-17(24)20(16(14)22)12-5-3-7-13(9-12)23-2/h3-10H,1-2H3,(H,18,21,24)/b14-10-. The van der Waals surface area contributed by atoms with Crippen molar-refractivity contribution in [3.63, 3.8) is 0 Å². The number of anilines is 1. The Kier molecular flexibility index (Phi) is 4.18. The molecule has 0 bridgehead atoms. The number of carbonyl (C=O) groups excluding carboxylic acids is 2. The molecule has 0 spiro atoms. The van der Waals surface area contributed by atoms with Gasteiger partial charge in [-0.3, -0.25) is 19.8 Å². The highest BCUT2D eigenvalue weighted by atomic mass is 32.1. The summed E-state index contributed by atoms with van der Waals surface area (Å²) >= 11 is 5.17. The second-order valence-electron chi connectivity index (χ2n) is 5.20. The van der Waals surface area contributed by atoms with E-state index in [2.05, 4.69) is 5.32 Å². The number of nitrogens with zero attached hydrogens (tertiary/aromatic N) is 2. The molecule has 2 aromatic rings. The summed E-state index contributed by atoms with van der Waals surface area (Å²) in [4.78, 5) is 26.3. The van der Waals surface area contributed by atoms with Crippen LogP contribution < -0.4 is 15.0 Å². The molecule has 3 rings (SSSR count). The molecule has 1 aliphatic heterocycles. The highest BCUT2D eigenvalue weighted by molar-refractivity contribution is 7.80. The Balaban J connectivity index is 2.03. The first-order valence-electron chi connectivity index (χ1n) is 7.18. The lowest BCUT2D eigenvalue weighted by Crippen LogP contribution is -2.54. The van der Waals surface area contributed by atoms with E-state index in [0.29, 0.717) is 11.4 Å². The number of carbonyl (C=O) groups is 2. The van der Waals surface area contributed by atoms with E-state index in [1.807, 2.05) is 29.9 Å². The number of hydrogen-bond acceptors (Lipinski definition) is 4. The molecule has 0 aliphatic carbocycles. The lowest BCUT2D eigenvalue weighted by atomic mass is 10.1. The van der Waals surface area contributed by atoms with Gasteiger partial charge in [-0.25, -0.2) is 0 Å². The molecule has 0 radical (unpaired) electrons. The van der Waals surface area contributed by atoms with Crippen LogP contribution in [-0.2, 0) is 16.6 Å². The molecule has 6 nitrogen and oxygen atoms in total. The molecular weight excluding hydrogens is 326 g/mol. The monoisotopic (exact) mass is 341 g/mol. The number of benzene rings is 1. The van der Waals surface area contributed by atoms with E-state index in [9.17, 15) is 9.59 Å². The van der Waals surface area contributed by atoms with Gasteiger partial charge in [0, 0.05) is 25.0 Å². The van der Waals surface area contributed by atoms with Gasteiger partial charge >= 0.3 is 0 Å². The molecule has 0 atom stereocenters. The summed E-state index contributed by atoms with van der Waals surface area (Å²) in [7, 11) is 3.38. The fraction of sp³-hybridized carbons (Fsp3) is 0.118. The summed E-state index contributed by atoms with van der Waals surface area (Å²) in [5.74, 6) is -0.392. The molecule has 0 saturated carbocycles. The topological polar surface area (TPSA) is 63.6 Å². The number of aryl methyl sites for hydroxylation is 1. The van der Waals surface area contributed by atoms with Gasteiger partial charge in [-0.1, -0.05) is 6.07 Å². The molecule has 2 heterocycles. The molecule has 0 unspecified atom stereocenters. The maximum absolute atomic E-state index is 12.8. The van der Waals surface area contributed by atoms with E-state index >= 15 is 0 Å². The van der Waals surface area contributed by atoms with Crippen molar-refractivity contribution >= 4 is 40.9 Å². The molecule has 1 aromatic heterocycles. The first-order chi connectivity index (χ1) is 11.5. The van der Waals surface area contributed by atoms with Crippen LogP contribution in [0.4, 0.5) is 5.69 Å². The van der Waals surface area contributed by atoms with E-state index in [4.69, 9.17) is 17.0 Å². The Labute approximate surface area is 144 Å². The van der Waals surface area contributed by atoms with Crippen molar-refractivity contribution in [1.29, 1.82) is 0 Å². The fourth-order valence-electron chi connectivity index (χ4n) is 2.41. The van der Waals surface area contributed by atoms with Gasteiger partial charge in [0.05, 0.1) is 12.8 Å². The second-order valence-corrected chi connectivity index (χ2v) is 5.59. The van der Waals surface area contributed by atoms with Crippen molar-refractivity contribution in [3.8, 4) is 5.75 Å². The Morgan fingerprint density at radius 3 is 2.67 bits per heavy atom. The summed E-state index contributed by atoms with van der Waals surface area (Å²) in [5, 5.41) is 2.60. The zero-order valence-corrected chi connectivity index (χ0v) is 14.0. The Hall–Kier alpha value is -2.93. The molecular formula is C17H15N3O3S. The van der Waals surface area contributed by atoms with Crippen molar-refractivity contribution in [3.05, 3.63) is 53.9 Å². The normalized spacial score (nSPS) is 16.5. The fourth-order valence-corrected chi connectivity index (χ4v) is 2.69. The van der Waals surface area contributed by atoms with E-state index in [-0.39, 0.29) is 10.7 Å². The third-order valence-electron chi connectivity index (χ3n) is 3.69. The highest BCUT2D eigenvalue weighted by Gasteiger charge is 2.34. The quantitative estimate of drug-likeness (QED) is 0.526. The van der Waals surface area contributed by atoms with Crippen molar-refractivity contribution in [1.82, 2.24) is 9.88 Å². The number of nitrogens with one attached hydrogen (secondary N) is 1. The molecule has 122 valence electrons. The minimum atomic E-state index is -0.509. The van der Waals surface area contributed by atoms with Crippen LogP contribution in [0.5, 0.6) is 5.75 Å². The lowest BCUT2D eigenvalue weighted by molar-refractivity contribution is -0.122. The van der Waals surface area contributed by atoms with E-state index in [1.165, 1.54) is 12.0 Å². The SMILES string of the molecule is COc1cccc(N2C(=O)/C(=C\c3cccn3C)C(=O)NC2=S)c1. The predicted molar refractivity (Wildman–Crippen MR) is 94.6 cm³/mol. The van der Waals surface area contributed by atoms with Gasteiger partial charge < -0.3 is 9.30 Å². The summed E-state index contributed by atoms with van der Waals surface area (Å²) < 4.78 is 6.99. The first-order valence-corrected chi connectivity index (χ1v) is 7.59. The van der Waals surface area contributed by atoms with Crippen molar-refractivity contribution in [2.24, 2.45) is 7.05 Å². The number of hydrogen-bond donors (Lipinski definition) is 1. The van der Waals surface area contributed by atoms with Gasteiger partial charge in [-0.05, 0) is 42.6 Å². The van der Waals surface area contributed by atoms with Crippen LogP contribution in [0.1, 0.15) is 5.69 Å². The van der Waals surface area contributed by atoms with Gasteiger partial charge in [0.15, 0.2) is 5.11 Å². The van der Waals surface area contributed by atoms with E-state index in [0.717, 1.165) is 5.69 Å². The molecule has 7 heteroatoms. The molecule has 1 aromatic carbocycles. The van der Waals surface area contributed by atoms with Crippen LogP contribution in [0, 0.1) is 0 Å². The summed E-state index contributed by atoms with van der Waals surface area (Å²) in [6.45, 7) is 0. The first kappa shape index (κ1) is 15.9. The van der Waals surface area contributed by atoms with E-state index < -0.39 is 11.8 Å². The van der Waals surface area contributed by atoms with Crippen molar-refractivity contribution in [2.75, 3.05) is 12.0 Å². The molecule has 2 amide bonds. The van der Waals surface area contributed by atoms with Gasteiger partial charge in [-0.15, -0.1) is 0 Å². The van der Waals surface area contributed by atoms with E-state index in [1.54, 1.807) is 30.3 Å². The third kappa shape index (κ3) is 2.81. The van der Waals surface area contributed by atoms with Crippen molar-refractivity contribution < 1.29 is 14.3 Å². The molecule has 1 fully saturated rings. The number of rotatable bonds is 3. The average Bonchev–Trinajstić information content (AvgIpc) is 2.96. The zero-order valence-electron chi connectivity index (χ0n) is 13.1. The largest absolute Gasteiger partial charge is 0.497 e. The van der Waals surface area contributed by atoms with Crippen LogP contribution >= 0.6 is 12.2 Å². The molecule has 1 saturated heterocycles. The number of ether oxygens (including phenoxy) is 1. The smallest absolute Gasteiger partial charge is 0.270 e. The summed E-state index contributed by atoms with van der Waals surface area (Å²) in [5.41, 5.74) is 1.29. The highest BCUT2D eigenvalue weighted by Crippen LogP contribution is 2.25. The number of aromatic nitrogens is 1. The van der Waals surface area contributed by atoms with Crippen LogP contribution in [0.25, 0.3) is 6.08 Å². The van der Waals surface area contributed by atoms with Gasteiger partial charge in [-0.2, -0.15) is 0 Å². The Bertz CT molecular complexity index is 869. The number of thiocarbonyl (C=S) groups is 1. The van der Waals surface area contributed by atoms with Crippen LogP contribution in [0.3, 0.4) is 0 Å². The molecule has 24 heavy (non-hydrogen) atoms. The Morgan fingerprint density at radius 1 is 1.21 bits per heavy atom. The molecule has 1 N–H and O–H groups in total. The zero-order chi connectivity index (χ0) is 17.3. The lowest BCUT2D eigenvalue weighted by Gasteiger charge is -2.29. The van der Waals surface area contributed by atoms with Crippen LogP contribution in [0.2, 0.25) is 0 Å². The predicted octanol–water partition coefficient (Wildman–Crippen LogP) is 1.86. The summed E-state index contributed by atoms with van der Waals surface area (Å²) in [6, 6.07) is 10.6. The van der Waals surface area contributed by atoms with Crippen LogP contribution in [0.15, 0.2) is 48.2 Å². The number of methoxy groups -OCH3 is 1. The maximum Gasteiger partial charge on any atom is 0.270 e.